The van der Waals surface area contributed by atoms with E-state index in [0.29, 0.717) is 5.13 Å². The number of rotatable bonds is 4. The summed E-state index contributed by atoms with van der Waals surface area (Å²) in [4.78, 5) is 30.9. The summed E-state index contributed by atoms with van der Waals surface area (Å²) in [5.74, 6) is 0.432. The third kappa shape index (κ3) is 3.04. The summed E-state index contributed by atoms with van der Waals surface area (Å²) in [6.07, 6.45) is 4.38. The van der Waals surface area contributed by atoms with Gasteiger partial charge in [0, 0.05) is 29.1 Å². The lowest BCUT2D eigenvalue weighted by Crippen LogP contribution is -2.30. The topological polar surface area (TPSA) is 75.4 Å². The van der Waals surface area contributed by atoms with Crippen LogP contribution >= 0.6 is 11.3 Å². The molecule has 1 fully saturated rings. The van der Waals surface area contributed by atoms with Crippen molar-refractivity contribution in [1.29, 1.82) is 0 Å². The SMILES string of the molecule is O=C(Nc1nc(-c2ccc3c(c2)CCN3C(=O)C2CC2)cs1)c1ccco1. The van der Waals surface area contributed by atoms with E-state index < -0.39 is 0 Å². The highest BCUT2D eigenvalue weighted by Gasteiger charge is 2.36. The van der Waals surface area contributed by atoms with Gasteiger partial charge in [0.25, 0.3) is 5.91 Å². The van der Waals surface area contributed by atoms with Crippen LogP contribution in [0.5, 0.6) is 0 Å². The molecule has 7 heteroatoms. The molecule has 27 heavy (non-hydrogen) atoms. The monoisotopic (exact) mass is 379 g/mol. The van der Waals surface area contributed by atoms with Gasteiger partial charge in [-0.15, -0.1) is 11.3 Å². The summed E-state index contributed by atoms with van der Waals surface area (Å²) in [6, 6.07) is 9.38. The van der Waals surface area contributed by atoms with E-state index in [4.69, 9.17) is 4.42 Å². The number of nitrogens with zero attached hydrogens (tertiary/aromatic N) is 2. The molecule has 1 N–H and O–H groups in total. The van der Waals surface area contributed by atoms with E-state index >= 15 is 0 Å². The van der Waals surface area contributed by atoms with Crippen LogP contribution < -0.4 is 10.2 Å². The quantitative estimate of drug-likeness (QED) is 0.745. The van der Waals surface area contributed by atoms with Crippen LogP contribution in [0.1, 0.15) is 29.0 Å². The van der Waals surface area contributed by atoms with Gasteiger partial charge in [-0.3, -0.25) is 14.9 Å². The normalized spacial score (nSPS) is 15.6. The maximum Gasteiger partial charge on any atom is 0.293 e. The summed E-state index contributed by atoms with van der Waals surface area (Å²) in [6.45, 7) is 0.760. The Morgan fingerprint density at radius 2 is 2.15 bits per heavy atom. The van der Waals surface area contributed by atoms with Crippen LogP contribution in [0.15, 0.2) is 46.4 Å². The molecule has 1 aliphatic carbocycles. The Morgan fingerprint density at radius 1 is 1.26 bits per heavy atom. The van der Waals surface area contributed by atoms with Crippen molar-refractivity contribution >= 4 is 34.0 Å². The second kappa shape index (κ2) is 6.35. The van der Waals surface area contributed by atoms with E-state index in [1.807, 2.05) is 22.4 Å². The van der Waals surface area contributed by atoms with Gasteiger partial charge < -0.3 is 9.32 Å². The first-order chi connectivity index (χ1) is 13.2. The number of benzene rings is 1. The van der Waals surface area contributed by atoms with E-state index in [9.17, 15) is 9.59 Å². The number of hydrogen-bond donors (Lipinski definition) is 1. The van der Waals surface area contributed by atoms with Crippen LogP contribution in [0.25, 0.3) is 11.3 Å². The van der Waals surface area contributed by atoms with Crippen molar-refractivity contribution in [2.45, 2.75) is 19.3 Å². The zero-order valence-corrected chi connectivity index (χ0v) is 15.3. The number of carbonyl (C=O) groups is 2. The Balaban J connectivity index is 1.35. The molecule has 0 bridgehead atoms. The summed E-state index contributed by atoms with van der Waals surface area (Å²) < 4.78 is 5.09. The van der Waals surface area contributed by atoms with Gasteiger partial charge in [-0.1, -0.05) is 6.07 Å². The predicted octanol–water partition coefficient (Wildman–Crippen LogP) is 3.95. The first-order valence-electron chi connectivity index (χ1n) is 8.94. The van der Waals surface area contributed by atoms with Crippen LogP contribution in [0.4, 0.5) is 10.8 Å². The van der Waals surface area contributed by atoms with Crippen LogP contribution in [0.2, 0.25) is 0 Å². The molecule has 0 saturated heterocycles. The number of carbonyl (C=O) groups excluding carboxylic acids is 2. The second-order valence-electron chi connectivity index (χ2n) is 6.83. The number of hydrogen-bond acceptors (Lipinski definition) is 5. The zero-order chi connectivity index (χ0) is 18.4. The average molecular weight is 379 g/mol. The number of fused-ring (bicyclic) bond motifs is 1. The fraction of sp³-hybridized carbons (Fsp3) is 0.250. The Hall–Kier alpha value is -2.93. The molecule has 0 spiro atoms. The first-order valence-corrected chi connectivity index (χ1v) is 9.82. The molecule has 1 aromatic carbocycles. The smallest absolute Gasteiger partial charge is 0.293 e. The molecule has 3 aromatic rings. The molecule has 2 amide bonds. The molecule has 3 heterocycles. The molecule has 2 aliphatic rings. The molecule has 5 rings (SSSR count). The van der Waals surface area contributed by atoms with Gasteiger partial charge in [0.2, 0.25) is 5.91 Å². The zero-order valence-electron chi connectivity index (χ0n) is 14.5. The van der Waals surface area contributed by atoms with Crippen molar-refractivity contribution in [3.05, 3.63) is 53.3 Å². The van der Waals surface area contributed by atoms with Gasteiger partial charge in [0.05, 0.1) is 12.0 Å². The maximum atomic E-state index is 12.4. The minimum atomic E-state index is -0.316. The summed E-state index contributed by atoms with van der Waals surface area (Å²) >= 11 is 1.37. The largest absolute Gasteiger partial charge is 0.459 e. The van der Waals surface area contributed by atoms with E-state index in [-0.39, 0.29) is 23.5 Å². The molecule has 1 saturated carbocycles. The van der Waals surface area contributed by atoms with Crippen LogP contribution in [0, 0.1) is 5.92 Å². The minimum Gasteiger partial charge on any atom is -0.459 e. The van der Waals surface area contributed by atoms with Crippen molar-refractivity contribution < 1.29 is 14.0 Å². The Labute approximate surface area is 159 Å². The molecule has 2 aromatic heterocycles. The van der Waals surface area contributed by atoms with Crippen molar-refractivity contribution in [2.75, 3.05) is 16.8 Å². The van der Waals surface area contributed by atoms with E-state index in [1.54, 1.807) is 12.1 Å². The van der Waals surface area contributed by atoms with Crippen molar-refractivity contribution in [1.82, 2.24) is 4.98 Å². The fourth-order valence-corrected chi connectivity index (χ4v) is 4.09. The third-order valence-electron chi connectivity index (χ3n) is 4.93. The van der Waals surface area contributed by atoms with Crippen molar-refractivity contribution in [2.24, 2.45) is 5.92 Å². The molecular formula is C20H17N3O3S. The summed E-state index contributed by atoms with van der Waals surface area (Å²) in [5.41, 5.74) is 4.00. The second-order valence-corrected chi connectivity index (χ2v) is 7.69. The van der Waals surface area contributed by atoms with Gasteiger partial charge in [0.15, 0.2) is 10.9 Å². The maximum absolute atomic E-state index is 12.4. The third-order valence-corrected chi connectivity index (χ3v) is 5.69. The highest BCUT2D eigenvalue weighted by atomic mass is 32.1. The lowest BCUT2D eigenvalue weighted by atomic mass is 10.1. The van der Waals surface area contributed by atoms with Crippen molar-refractivity contribution in [3.8, 4) is 11.3 Å². The number of furan rings is 1. The van der Waals surface area contributed by atoms with Gasteiger partial charge in [-0.2, -0.15) is 0 Å². The Kier molecular flexibility index (Phi) is 3.82. The highest BCUT2D eigenvalue weighted by molar-refractivity contribution is 7.14. The molecule has 136 valence electrons. The predicted molar refractivity (Wildman–Crippen MR) is 103 cm³/mol. The lowest BCUT2D eigenvalue weighted by Gasteiger charge is -2.17. The first kappa shape index (κ1) is 16.3. The number of thiazole rings is 1. The number of anilines is 2. The molecule has 0 unspecified atom stereocenters. The summed E-state index contributed by atoms with van der Waals surface area (Å²) in [7, 11) is 0. The van der Waals surface area contributed by atoms with Crippen LogP contribution in [0.3, 0.4) is 0 Å². The molecule has 6 nitrogen and oxygen atoms in total. The van der Waals surface area contributed by atoms with E-state index in [1.165, 1.54) is 23.2 Å². The van der Waals surface area contributed by atoms with E-state index in [0.717, 1.165) is 42.8 Å². The standard InChI is InChI=1S/C20H17N3O3S/c24-18(17-2-1-9-26-17)22-20-21-15(11-27-20)13-5-6-16-14(10-13)7-8-23(16)19(25)12-3-4-12/h1-2,5-6,9-12H,3-4,7-8H2,(H,21,22,24). The van der Waals surface area contributed by atoms with Crippen LogP contribution in [-0.4, -0.2) is 23.3 Å². The molecule has 0 radical (unpaired) electrons. The number of nitrogens with one attached hydrogen (secondary N) is 1. The number of aromatic nitrogens is 1. The number of amides is 2. The van der Waals surface area contributed by atoms with Gasteiger partial charge in [-0.25, -0.2) is 4.98 Å². The Morgan fingerprint density at radius 3 is 2.93 bits per heavy atom. The van der Waals surface area contributed by atoms with Gasteiger partial charge in [0.1, 0.15) is 0 Å². The average Bonchev–Trinajstić information content (AvgIpc) is 3.09. The molecule has 0 atom stereocenters. The highest BCUT2D eigenvalue weighted by Crippen LogP contribution is 2.38. The van der Waals surface area contributed by atoms with Gasteiger partial charge >= 0.3 is 0 Å². The van der Waals surface area contributed by atoms with E-state index in [2.05, 4.69) is 16.4 Å². The fourth-order valence-electron chi connectivity index (χ4n) is 3.37. The van der Waals surface area contributed by atoms with Crippen LogP contribution in [-0.2, 0) is 11.2 Å². The minimum absolute atomic E-state index is 0.231. The molecular weight excluding hydrogens is 362 g/mol. The summed E-state index contributed by atoms with van der Waals surface area (Å²) in [5, 5.41) is 5.19. The van der Waals surface area contributed by atoms with Gasteiger partial charge in [-0.05, 0) is 49.1 Å². The Bertz CT molecular complexity index is 1020. The lowest BCUT2D eigenvalue weighted by molar-refractivity contribution is -0.119. The molecule has 1 aliphatic heterocycles. The van der Waals surface area contributed by atoms with Crippen molar-refractivity contribution in [3.63, 3.8) is 0 Å².